The van der Waals surface area contributed by atoms with E-state index in [1.54, 1.807) is 0 Å². The minimum Gasteiger partial charge on any atom is -0.361 e. The highest BCUT2D eigenvalue weighted by atomic mass is 28.3. The van der Waals surface area contributed by atoms with E-state index >= 15 is 0 Å². The van der Waals surface area contributed by atoms with Gasteiger partial charge in [0.1, 0.15) is 5.76 Å². The van der Waals surface area contributed by atoms with Crippen LogP contribution in [0, 0.1) is 6.92 Å². The molecule has 1 aromatic carbocycles. The third kappa shape index (κ3) is 4.04. The van der Waals surface area contributed by atoms with Crippen molar-refractivity contribution in [2.45, 2.75) is 39.7 Å². The molecule has 0 amide bonds. The summed E-state index contributed by atoms with van der Waals surface area (Å²) in [5, 5.41) is 8.84. The SMILES string of the molecule is Cc1cc(CNCc2ccc([Si](C)(C)C)cc2)no1. The molecule has 0 radical (unpaired) electrons. The Labute approximate surface area is 116 Å². The third-order valence-electron chi connectivity index (χ3n) is 3.13. The normalized spacial score (nSPS) is 11.8. The van der Waals surface area contributed by atoms with Crippen molar-refractivity contribution in [1.82, 2.24) is 10.5 Å². The molecule has 0 unspecified atom stereocenters. The Hall–Kier alpha value is -1.39. The Morgan fingerprint density at radius 2 is 1.79 bits per heavy atom. The van der Waals surface area contributed by atoms with Crippen LogP contribution >= 0.6 is 0 Å². The maximum Gasteiger partial charge on any atom is 0.133 e. The van der Waals surface area contributed by atoms with Crippen LogP contribution in [0.2, 0.25) is 19.6 Å². The zero-order valence-corrected chi connectivity index (χ0v) is 13.2. The molecule has 1 N–H and O–H groups in total. The summed E-state index contributed by atoms with van der Waals surface area (Å²) in [4.78, 5) is 0. The average Bonchev–Trinajstić information content (AvgIpc) is 2.75. The smallest absolute Gasteiger partial charge is 0.133 e. The number of rotatable bonds is 5. The Bertz CT molecular complexity index is 526. The molecule has 0 saturated heterocycles. The first kappa shape index (κ1) is 14.0. The van der Waals surface area contributed by atoms with Gasteiger partial charge in [-0.25, -0.2) is 0 Å². The fourth-order valence-electron chi connectivity index (χ4n) is 1.96. The van der Waals surface area contributed by atoms with Crippen molar-refractivity contribution in [1.29, 1.82) is 0 Å². The first-order valence-electron chi connectivity index (χ1n) is 6.67. The number of nitrogens with zero attached hydrogens (tertiary/aromatic N) is 1. The molecule has 0 bridgehead atoms. The van der Waals surface area contributed by atoms with Crippen molar-refractivity contribution in [3.05, 3.63) is 47.3 Å². The van der Waals surface area contributed by atoms with E-state index in [1.807, 2.05) is 13.0 Å². The van der Waals surface area contributed by atoms with E-state index in [2.05, 4.69) is 54.4 Å². The van der Waals surface area contributed by atoms with Crippen LogP contribution in [-0.2, 0) is 13.1 Å². The monoisotopic (exact) mass is 274 g/mol. The van der Waals surface area contributed by atoms with Crippen molar-refractivity contribution in [2.24, 2.45) is 0 Å². The average molecular weight is 274 g/mol. The van der Waals surface area contributed by atoms with E-state index in [1.165, 1.54) is 10.8 Å². The second-order valence-electron chi connectivity index (χ2n) is 5.98. The first-order chi connectivity index (χ1) is 8.95. The fraction of sp³-hybridized carbons (Fsp3) is 0.400. The van der Waals surface area contributed by atoms with Crippen molar-refractivity contribution >= 4 is 13.3 Å². The molecule has 2 aromatic rings. The summed E-state index contributed by atoms with van der Waals surface area (Å²) >= 11 is 0. The molecule has 0 atom stereocenters. The molecule has 0 aliphatic carbocycles. The highest BCUT2D eigenvalue weighted by molar-refractivity contribution is 6.88. The van der Waals surface area contributed by atoms with Gasteiger partial charge in [0.25, 0.3) is 0 Å². The van der Waals surface area contributed by atoms with Gasteiger partial charge in [0.15, 0.2) is 0 Å². The van der Waals surface area contributed by atoms with Crippen LogP contribution in [0.3, 0.4) is 0 Å². The van der Waals surface area contributed by atoms with Crippen LogP contribution < -0.4 is 10.5 Å². The van der Waals surface area contributed by atoms with E-state index in [0.717, 1.165) is 24.5 Å². The lowest BCUT2D eigenvalue weighted by Gasteiger charge is -2.16. The molecule has 0 saturated carbocycles. The van der Waals surface area contributed by atoms with Gasteiger partial charge in [-0.05, 0) is 12.5 Å². The predicted molar refractivity (Wildman–Crippen MR) is 81.2 cm³/mol. The zero-order chi connectivity index (χ0) is 13.9. The second-order valence-corrected chi connectivity index (χ2v) is 11.1. The minimum absolute atomic E-state index is 0.743. The van der Waals surface area contributed by atoms with Gasteiger partial charge in [0.05, 0.1) is 13.8 Å². The zero-order valence-electron chi connectivity index (χ0n) is 12.2. The summed E-state index contributed by atoms with van der Waals surface area (Å²) in [6, 6.07) is 10.9. The van der Waals surface area contributed by atoms with Crippen molar-refractivity contribution in [2.75, 3.05) is 0 Å². The molecule has 19 heavy (non-hydrogen) atoms. The van der Waals surface area contributed by atoms with Gasteiger partial charge in [-0.3, -0.25) is 0 Å². The highest BCUT2D eigenvalue weighted by Gasteiger charge is 2.15. The number of nitrogens with one attached hydrogen (secondary N) is 1. The van der Waals surface area contributed by atoms with Crippen LogP contribution in [0.15, 0.2) is 34.9 Å². The van der Waals surface area contributed by atoms with E-state index in [9.17, 15) is 0 Å². The molecule has 1 heterocycles. The van der Waals surface area contributed by atoms with Crippen molar-refractivity contribution in [3.8, 4) is 0 Å². The van der Waals surface area contributed by atoms with Crippen LogP contribution in [0.1, 0.15) is 17.0 Å². The summed E-state index contributed by atoms with van der Waals surface area (Å²) in [7, 11) is -1.18. The Kier molecular flexibility index (Phi) is 4.22. The Morgan fingerprint density at radius 3 is 2.32 bits per heavy atom. The number of aryl methyl sites for hydroxylation is 1. The summed E-state index contributed by atoms with van der Waals surface area (Å²) in [6.07, 6.45) is 0. The first-order valence-corrected chi connectivity index (χ1v) is 10.2. The fourth-order valence-corrected chi connectivity index (χ4v) is 3.13. The third-order valence-corrected chi connectivity index (χ3v) is 5.20. The van der Waals surface area contributed by atoms with Crippen LogP contribution in [0.4, 0.5) is 0 Å². The molecule has 0 aliphatic rings. The quantitative estimate of drug-likeness (QED) is 0.852. The molecule has 102 valence electrons. The maximum atomic E-state index is 5.04. The van der Waals surface area contributed by atoms with Crippen molar-refractivity contribution in [3.63, 3.8) is 0 Å². The lowest BCUT2D eigenvalue weighted by Crippen LogP contribution is -2.37. The molecule has 3 nitrogen and oxygen atoms in total. The Morgan fingerprint density at radius 1 is 1.11 bits per heavy atom. The molecule has 4 heteroatoms. The van der Waals surface area contributed by atoms with E-state index in [-0.39, 0.29) is 0 Å². The van der Waals surface area contributed by atoms with Gasteiger partial charge < -0.3 is 9.84 Å². The minimum atomic E-state index is -1.18. The molecular weight excluding hydrogens is 252 g/mol. The summed E-state index contributed by atoms with van der Waals surface area (Å²) in [5.41, 5.74) is 2.26. The van der Waals surface area contributed by atoms with Crippen LogP contribution in [-0.4, -0.2) is 13.2 Å². The number of benzene rings is 1. The lowest BCUT2D eigenvalue weighted by atomic mass is 10.2. The largest absolute Gasteiger partial charge is 0.361 e. The maximum absolute atomic E-state index is 5.04. The summed E-state index contributed by atoms with van der Waals surface area (Å²) in [6.45, 7) is 10.6. The molecule has 1 aromatic heterocycles. The van der Waals surface area contributed by atoms with Gasteiger partial charge >= 0.3 is 0 Å². The lowest BCUT2D eigenvalue weighted by molar-refractivity contribution is 0.388. The van der Waals surface area contributed by atoms with Gasteiger partial charge in [-0.1, -0.05) is 54.2 Å². The molecular formula is C15H22N2OSi. The van der Waals surface area contributed by atoms with Gasteiger partial charge in [0, 0.05) is 19.2 Å². The standard InChI is InChI=1S/C15H22N2OSi/c1-12-9-14(17-18-12)11-16-10-13-5-7-15(8-6-13)19(2,3)4/h5-9,16H,10-11H2,1-4H3. The second kappa shape index (κ2) is 5.71. The van der Waals surface area contributed by atoms with E-state index in [0.29, 0.717) is 0 Å². The topological polar surface area (TPSA) is 38.1 Å². The van der Waals surface area contributed by atoms with Crippen LogP contribution in [0.25, 0.3) is 0 Å². The van der Waals surface area contributed by atoms with E-state index < -0.39 is 8.07 Å². The molecule has 0 spiro atoms. The van der Waals surface area contributed by atoms with Crippen molar-refractivity contribution < 1.29 is 4.52 Å². The number of hydrogen-bond acceptors (Lipinski definition) is 3. The predicted octanol–water partition coefficient (Wildman–Crippen LogP) is 2.82. The number of hydrogen-bond donors (Lipinski definition) is 1. The molecule has 0 aliphatic heterocycles. The highest BCUT2D eigenvalue weighted by Crippen LogP contribution is 2.05. The summed E-state index contributed by atoms with van der Waals surface area (Å²) < 4.78 is 5.04. The van der Waals surface area contributed by atoms with Gasteiger partial charge in [-0.15, -0.1) is 0 Å². The van der Waals surface area contributed by atoms with Gasteiger partial charge in [-0.2, -0.15) is 0 Å². The summed E-state index contributed by atoms with van der Waals surface area (Å²) in [5.74, 6) is 0.858. The molecule has 2 rings (SSSR count). The van der Waals surface area contributed by atoms with E-state index in [4.69, 9.17) is 4.52 Å². The Balaban J connectivity index is 1.86. The molecule has 0 fully saturated rings. The van der Waals surface area contributed by atoms with Gasteiger partial charge in [0.2, 0.25) is 0 Å². The van der Waals surface area contributed by atoms with Crippen LogP contribution in [0.5, 0.6) is 0 Å². The number of aromatic nitrogens is 1.